The molecule has 0 atom stereocenters. The van der Waals surface area contributed by atoms with Crippen LogP contribution in [0, 0.1) is 5.82 Å². The third kappa shape index (κ3) is 7.99. The van der Waals surface area contributed by atoms with Gasteiger partial charge in [-0.2, -0.15) is 0 Å². The molecular weight excluding hydrogens is 812 g/mol. The van der Waals surface area contributed by atoms with E-state index in [1.54, 1.807) is 6.07 Å². The molecule has 66 heavy (non-hydrogen) atoms. The van der Waals surface area contributed by atoms with Crippen molar-refractivity contribution in [1.29, 1.82) is 0 Å². The average molecular weight is 869 g/mol. The lowest BCUT2D eigenvalue weighted by Crippen LogP contribution is -2.25. The van der Waals surface area contributed by atoms with Gasteiger partial charge in [0.15, 0.2) is 0 Å². The lowest BCUT2D eigenvalue weighted by atomic mass is 9.80. The van der Waals surface area contributed by atoms with Crippen molar-refractivity contribution in [1.82, 2.24) is 9.55 Å². The first-order valence-electron chi connectivity index (χ1n) is 23.0. The predicted octanol–water partition coefficient (Wildman–Crippen LogP) is 16.6. The number of benzene rings is 7. The molecule has 0 saturated carbocycles. The summed E-state index contributed by atoms with van der Waals surface area (Å²) in [5, 5.41) is 1.75. The molecule has 2 aromatic heterocycles. The Labute approximate surface area is 388 Å². The first-order valence-corrected chi connectivity index (χ1v) is 23.0. The van der Waals surface area contributed by atoms with E-state index in [0.717, 1.165) is 44.6 Å². The van der Waals surface area contributed by atoms with Gasteiger partial charge in [0.25, 0.3) is 0 Å². The summed E-state index contributed by atoms with van der Waals surface area (Å²) in [6.07, 6.45) is 1.86. The Hall–Kier alpha value is -7.18. The smallest absolute Gasteiger partial charge is 0.137 e. The molecule has 1 aliphatic heterocycles. The number of hydrogen-bond acceptors (Lipinski definition) is 4. The van der Waals surface area contributed by atoms with Crippen LogP contribution in [0.3, 0.4) is 0 Å². The molecule has 0 amide bonds. The quantitative estimate of drug-likeness (QED) is 0.160. The van der Waals surface area contributed by atoms with Gasteiger partial charge >= 0.3 is 0 Å². The number of hydrogen-bond donors (Lipinski definition) is 0. The van der Waals surface area contributed by atoms with Crippen LogP contribution in [0.25, 0.3) is 49.9 Å². The van der Waals surface area contributed by atoms with Crippen LogP contribution in [-0.2, 0) is 16.2 Å². The SMILES string of the molecule is CC(C)(C)c1cc(N2CN(c3cccc(Oc4ccc5c6cc(F)ccc6n(-c6cc(C(C)(C)C)ccn6)c5c4)c3)c3cccc(-c4cccc(-c5ccccc5)c4)c32)cc(C(C)(C)C)c1. The maximum absolute atomic E-state index is 14.8. The Morgan fingerprint density at radius 2 is 1.17 bits per heavy atom. The molecule has 1 aliphatic rings. The summed E-state index contributed by atoms with van der Waals surface area (Å²) in [4.78, 5) is 9.73. The van der Waals surface area contributed by atoms with Gasteiger partial charge in [0.05, 0.1) is 22.4 Å². The third-order valence-electron chi connectivity index (χ3n) is 13.0. The number of pyridine rings is 1. The van der Waals surface area contributed by atoms with Crippen LogP contribution in [0.5, 0.6) is 11.5 Å². The number of para-hydroxylation sites is 1. The highest BCUT2D eigenvalue weighted by Crippen LogP contribution is 2.51. The summed E-state index contributed by atoms with van der Waals surface area (Å²) in [6.45, 7) is 21.0. The van der Waals surface area contributed by atoms with Crippen LogP contribution >= 0.6 is 0 Å². The van der Waals surface area contributed by atoms with Gasteiger partial charge in [-0.25, -0.2) is 9.37 Å². The minimum atomic E-state index is -0.276. The van der Waals surface area contributed by atoms with E-state index in [2.05, 4.69) is 198 Å². The second-order valence-corrected chi connectivity index (χ2v) is 20.8. The molecule has 0 N–H and O–H groups in total. The van der Waals surface area contributed by atoms with Gasteiger partial charge in [0.1, 0.15) is 29.8 Å². The Balaban J connectivity index is 1.08. The average Bonchev–Trinajstić information content (AvgIpc) is 3.84. The number of aromatic nitrogens is 2. The Morgan fingerprint density at radius 3 is 1.91 bits per heavy atom. The number of fused-ring (bicyclic) bond motifs is 4. The van der Waals surface area contributed by atoms with Gasteiger partial charge in [0.2, 0.25) is 0 Å². The van der Waals surface area contributed by atoms with Gasteiger partial charge in [-0.3, -0.25) is 4.57 Å². The topological polar surface area (TPSA) is 33.5 Å². The molecule has 10 rings (SSSR count). The summed E-state index contributed by atoms with van der Waals surface area (Å²) >= 11 is 0. The van der Waals surface area contributed by atoms with Crippen molar-refractivity contribution in [2.24, 2.45) is 0 Å². The van der Waals surface area contributed by atoms with Crippen molar-refractivity contribution in [3.63, 3.8) is 0 Å². The Kier molecular flexibility index (Phi) is 10.4. The summed E-state index contributed by atoms with van der Waals surface area (Å²) in [5.41, 5.74) is 14.6. The molecule has 0 bridgehead atoms. The Morgan fingerprint density at radius 1 is 0.485 bits per heavy atom. The highest BCUT2D eigenvalue weighted by molar-refractivity contribution is 6.09. The van der Waals surface area contributed by atoms with E-state index in [9.17, 15) is 4.39 Å². The summed E-state index contributed by atoms with van der Waals surface area (Å²) in [5.74, 6) is 1.89. The number of rotatable bonds is 7. The second kappa shape index (κ2) is 16.1. The van der Waals surface area contributed by atoms with Crippen LogP contribution in [0.2, 0.25) is 0 Å². The molecule has 3 heterocycles. The highest BCUT2D eigenvalue weighted by Gasteiger charge is 2.33. The van der Waals surface area contributed by atoms with Gasteiger partial charge in [-0.05, 0) is 128 Å². The van der Waals surface area contributed by atoms with E-state index >= 15 is 0 Å². The molecule has 0 fully saturated rings. The van der Waals surface area contributed by atoms with Gasteiger partial charge in [-0.15, -0.1) is 0 Å². The van der Waals surface area contributed by atoms with E-state index in [-0.39, 0.29) is 22.1 Å². The fourth-order valence-electron chi connectivity index (χ4n) is 9.26. The van der Waals surface area contributed by atoms with Crippen LogP contribution in [0.1, 0.15) is 79.0 Å². The van der Waals surface area contributed by atoms with Gasteiger partial charge < -0.3 is 14.5 Å². The van der Waals surface area contributed by atoms with E-state index in [0.29, 0.717) is 18.2 Å². The maximum Gasteiger partial charge on any atom is 0.137 e. The zero-order valence-corrected chi connectivity index (χ0v) is 39.4. The molecule has 0 aliphatic carbocycles. The van der Waals surface area contributed by atoms with Crippen LogP contribution < -0.4 is 14.5 Å². The van der Waals surface area contributed by atoms with Gasteiger partial charge in [0, 0.05) is 46.0 Å². The minimum Gasteiger partial charge on any atom is -0.457 e. The number of nitrogens with zero attached hydrogens (tertiary/aromatic N) is 4. The van der Waals surface area contributed by atoms with Crippen molar-refractivity contribution in [3.8, 4) is 39.6 Å². The lowest BCUT2D eigenvalue weighted by molar-refractivity contribution is 0.483. The van der Waals surface area contributed by atoms with Crippen LogP contribution in [-0.4, -0.2) is 16.2 Å². The molecule has 0 unspecified atom stereocenters. The molecule has 0 radical (unpaired) electrons. The van der Waals surface area contributed by atoms with Crippen LogP contribution in [0.4, 0.5) is 27.1 Å². The molecule has 0 saturated heterocycles. The molecule has 7 aromatic carbocycles. The normalized spacial score (nSPS) is 13.2. The number of ether oxygens (including phenoxy) is 1. The van der Waals surface area contributed by atoms with E-state index in [1.165, 1.54) is 50.8 Å². The van der Waals surface area contributed by atoms with Gasteiger partial charge in [-0.1, -0.05) is 135 Å². The van der Waals surface area contributed by atoms with Crippen molar-refractivity contribution in [2.45, 2.75) is 78.6 Å². The summed E-state index contributed by atoms with van der Waals surface area (Å²) in [7, 11) is 0. The van der Waals surface area contributed by atoms with Crippen LogP contribution in [0.15, 0.2) is 170 Å². The number of halogens is 1. The zero-order chi connectivity index (χ0) is 46.1. The van der Waals surface area contributed by atoms with Crippen molar-refractivity contribution in [2.75, 3.05) is 16.5 Å². The Bertz CT molecular complexity index is 3260. The molecular formula is C60H57FN4O. The van der Waals surface area contributed by atoms with Crippen molar-refractivity contribution < 1.29 is 9.13 Å². The van der Waals surface area contributed by atoms with Crippen molar-refractivity contribution >= 4 is 44.6 Å². The third-order valence-corrected chi connectivity index (χ3v) is 13.0. The molecule has 330 valence electrons. The highest BCUT2D eigenvalue weighted by atomic mass is 19.1. The number of anilines is 4. The zero-order valence-electron chi connectivity index (χ0n) is 39.4. The monoisotopic (exact) mass is 868 g/mol. The fraction of sp³-hybridized carbons (Fsp3) is 0.217. The standard InChI is InChI=1S/C60H57FN4O/c1-58(2,3)42-28-29-62-56(34-42)65-53-27-24-45(61)35-52(53)51-26-25-49(37-55(51)65)66-48-21-14-20-46(36-48)63-38-64(47-32-43(59(4,5)6)31-44(33-47)60(7,8)9)57-50(22-15-23-54(57)63)41-19-13-18-40(30-41)39-16-11-10-12-17-39/h10-37H,38H2,1-9H3. The minimum absolute atomic E-state index is 0.0476. The molecule has 6 heteroatoms. The molecule has 9 aromatic rings. The summed E-state index contributed by atoms with van der Waals surface area (Å²) < 4.78 is 23.7. The lowest BCUT2D eigenvalue weighted by Gasteiger charge is -2.30. The second-order valence-electron chi connectivity index (χ2n) is 20.8. The van der Waals surface area contributed by atoms with E-state index < -0.39 is 0 Å². The molecule has 5 nitrogen and oxygen atoms in total. The largest absolute Gasteiger partial charge is 0.457 e. The summed E-state index contributed by atoms with van der Waals surface area (Å²) in [6, 6.07) is 56.9. The predicted molar refractivity (Wildman–Crippen MR) is 274 cm³/mol. The van der Waals surface area contributed by atoms with E-state index in [4.69, 9.17) is 9.72 Å². The van der Waals surface area contributed by atoms with Crippen molar-refractivity contribution in [3.05, 3.63) is 192 Å². The first kappa shape index (κ1) is 42.8. The van der Waals surface area contributed by atoms with E-state index in [1.807, 2.05) is 36.5 Å². The fourth-order valence-corrected chi connectivity index (χ4v) is 9.26. The first-order chi connectivity index (χ1) is 31.5. The maximum atomic E-state index is 14.8. The molecule has 0 spiro atoms.